The number of nitrogens with one attached hydrogen (secondary N) is 1. The summed E-state index contributed by atoms with van der Waals surface area (Å²) in [5.41, 5.74) is 6.16. The molecule has 0 saturated heterocycles. The number of amides is 1. The van der Waals surface area contributed by atoms with Gasteiger partial charge in [0.15, 0.2) is 0 Å². The molecule has 3 nitrogen and oxygen atoms in total. The van der Waals surface area contributed by atoms with Crippen LogP contribution in [0.1, 0.15) is 20.3 Å². The van der Waals surface area contributed by atoms with Gasteiger partial charge >= 0.3 is 0 Å². The smallest absolute Gasteiger partial charge is 0.241 e. The molecule has 0 aliphatic rings. The Kier molecular flexibility index (Phi) is 7.21. The highest BCUT2D eigenvalue weighted by molar-refractivity contribution is 6.31. The molecule has 0 heterocycles. The van der Waals surface area contributed by atoms with Gasteiger partial charge < -0.3 is 11.1 Å². The SMILES string of the molecule is CC(C)C[C@H](N)C(=O)Nc1ccc(F)c(Cl)c1.Cl. The van der Waals surface area contributed by atoms with Crippen molar-refractivity contribution in [3.8, 4) is 0 Å². The fraction of sp³-hybridized carbons (Fsp3) is 0.417. The Labute approximate surface area is 117 Å². The second kappa shape index (κ2) is 7.56. The van der Waals surface area contributed by atoms with E-state index in [0.29, 0.717) is 18.0 Å². The van der Waals surface area contributed by atoms with Crippen LogP contribution in [0.25, 0.3) is 0 Å². The van der Waals surface area contributed by atoms with Gasteiger partial charge in [-0.05, 0) is 30.5 Å². The Morgan fingerprint density at radius 1 is 1.50 bits per heavy atom. The summed E-state index contributed by atoms with van der Waals surface area (Å²) in [4.78, 5) is 11.7. The van der Waals surface area contributed by atoms with Gasteiger partial charge in [-0.15, -0.1) is 12.4 Å². The highest BCUT2D eigenvalue weighted by atomic mass is 35.5. The van der Waals surface area contributed by atoms with Crippen molar-refractivity contribution in [1.82, 2.24) is 0 Å². The second-order valence-corrected chi connectivity index (χ2v) is 4.76. The fourth-order valence-corrected chi connectivity index (χ4v) is 1.60. The van der Waals surface area contributed by atoms with Crippen LogP contribution in [0.2, 0.25) is 5.02 Å². The Morgan fingerprint density at radius 3 is 2.61 bits per heavy atom. The maximum Gasteiger partial charge on any atom is 0.241 e. The molecule has 1 rings (SSSR count). The molecule has 1 aromatic rings. The van der Waals surface area contributed by atoms with Gasteiger partial charge in [-0.1, -0.05) is 25.4 Å². The van der Waals surface area contributed by atoms with Gasteiger partial charge in [0, 0.05) is 5.69 Å². The summed E-state index contributed by atoms with van der Waals surface area (Å²) in [7, 11) is 0. The van der Waals surface area contributed by atoms with Crippen LogP contribution in [0.3, 0.4) is 0 Å². The number of benzene rings is 1. The maximum absolute atomic E-state index is 12.9. The molecule has 0 saturated carbocycles. The normalized spacial score (nSPS) is 11.9. The van der Waals surface area contributed by atoms with Crippen LogP contribution < -0.4 is 11.1 Å². The summed E-state index contributed by atoms with van der Waals surface area (Å²) in [6.45, 7) is 3.98. The van der Waals surface area contributed by atoms with Gasteiger partial charge in [0.1, 0.15) is 5.82 Å². The van der Waals surface area contributed by atoms with Gasteiger partial charge in [0.2, 0.25) is 5.91 Å². The lowest BCUT2D eigenvalue weighted by Gasteiger charge is -2.14. The van der Waals surface area contributed by atoms with Crippen LogP contribution >= 0.6 is 24.0 Å². The summed E-state index contributed by atoms with van der Waals surface area (Å²) in [5.74, 6) is -0.468. The molecular weight excluding hydrogens is 278 g/mol. The van der Waals surface area contributed by atoms with Crippen LogP contribution in [-0.4, -0.2) is 11.9 Å². The van der Waals surface area contributed by atoms with E-state index in [0.717, 1.165) is 0 Å². The Balaban J connectivity index is 0.00000289. The van der Waals surface area contributed by atoms with E-state index in [4.69, 9.17) is 17.3 Å². The molecule has 1 atom stereocenters. The van der Waals surface area contributed by atoms with Gasteiger partial charge in [-0.3, -0.25) is 4.79 Å². The lowest BCUT2D eigenvalue weighted by Crippen LogP contribution is -2.36. The molecule has 3 N–H and O–H groups in total. The van der Waals surface area contributed by atoms with E-state index in [-0.39, 0.29) is 23.3 Å². The fourth-order valence-electron chi connectivity index (χ4n) is 1.42. The van der Waals surface area contributed by atoms with Crippen molar-refractivity contribution in [2.24, 2.45) is 11.7 Å². The summed E-state index contributed by atoms with van der Waals surface area (Å²) < 4.78 is 12.9. The molecule has 102 valence electrons. The lowest BCUT2D eigenvalue weighted by atomic mass is 10.0. The quantitative estimate of drug-likeness (QED) is 0.896. The minimum Gasteiger partial charge on any atom is -0.325 e. The largest absolute Gasteiger partial charge is 0.325 e. The van der Waals surface area contributed by atoms with Crippen LogP contribution in [0, 0.1) is 11.7 Å². The summed E-state index contributed by atoms with van der Waals surface area (Å²) in [6, 6.07) is 3.43. The third-order valence-electron chi connectivity index (χ3n) is 2.25. The second-order valence-electron chi connectivity index (χ2n) is 4.35. The van der Waals surface area contributed by atoms with Gasteiger partial charge in [-0.2, -0.15) is 0 Å². The molecule has 0 aromatic heterocycles. The molecule has 0 fully saturated rings. The molecule has 0 aliphatic heterocycles. The number of nitrogens with two attached hydrogens (primary N) is 1. The van der Waals surface area contributed by atoms with Gasteiger partial charge in [-0.25, -0.2) is 4.39 Å². The summed E-state index contributed by atoms with van der Waals surface area (Å²) >= 11 is 5.60. The summed E-state index contributed by atoms with van der Waals surface area (Å²) in [6.07, 6.45) is 0.598. The minimum atomic E-state index is -0.571. The van der Waals surface area contributed by atoms with Crippen molar-refractivity contribution in [3.05, 3.63) is 29.0 Å². The molecular formula is C12H17Cl2FN2O. The first-order valence-electron chi connectivity index (χ1n) is 5.41. The van der Waals surface area contributed by atoms with E-state index in [2.05, 4.69) is 5.32 Å². The third-order valence-corrected chi connectivity index (χ3v) is 2.54. The number of carbonyl (C=O) groups excluding carboxylic acids is 1. The molecule has 1 aromatic carbocycles. The average Bonchev–Trinajstić information content (AvgIpc) is 2.22. The monoisotopic (exact) mass is 294 g/mol. The third kappa shape index (κ3) is 5.21. The predicted molar refractivity (Wildman–Crippen MR) is 74.7 cm³/mol. The van der Waals surface area contributed by atoms with Crippen molar-refractivity contribution in [3.63, 3.8) is 0 Å². The van der Waals surface area contributed by atoms with Crippen LogP contribution in [0.15, 0.2) is 18.2 Å². The van der Waals surface area contributed by atoms with Crippen LogP contribution in [-0.2, 0) is 4.79 Å². The number of hydrogen-bond acceptors (Lipinski definition) is 2. The molecule has 0 radical (unpaired) electrons. The minimum absolute atomic E-state index is 0. The van der Waals surface area contributed by atoms with Crippen molar-refractivity contribution >= 4 is 35.6 Å². The number of halogens is 3. The van der Waals surface area contributed by atoms with E-state index in [1.165, 1.54) is 18.2 Å². The number of rotatable bonds is 4. The molecule has 1 amide bonds. The molecule has 0 spiro atoms. The molecule has 0 aliphatic carbocycles. The molecule has 0 bridgehead atoms. The Hall–Kier alpha value is -0.840. The van der Waals surface area contributed by atoms with Crippen molar-refractivity contribution < 1.29 is 9.18 Å². The Morgan fingerprint density at radius 2 is 2.11 bits per heavy atom. The molecule has 6 heteroatoms. The number of hydrogen-bond donors (Lipinski definition) is 2. The molecule has 18 heavy (non-hydrogen) atoms. The zero-order valence-corrected chi connectivity index (χ0v) is 11.8. The molecule has 0 unspecified atom stereocenters. The van der Waals surface area contributed by atoms with E-state index in [9.17, 15) is 9.18 Å². The van der Waals surface area contributed by atoms with Crippen molar-refractivity contribution in [2.75, 3.05) is 5.32 Å². The van der Waals surface area contributed by atoms with E-state index in [1.54, 1.807) is 0 Å². The van der Waals surface area contributed by atoms with Gasteiger partial charge in [0.25, 0.3) is 0 Å². The maximum atomic E-state index is 12.9. The average molecular weight is 295 g/mol. The highest BCUT2D eigenvalue weighted by Gasteiger charge is 2.15. The lowest BCUT2D eigenvalue weighted by molar-refractivity contribution is -0.117. The van der Waals surface area contributed by atoms with E-state index < -0.39 is 11.9 Å². The highest BCUT2D eigenvalue weighted by Crippen LogP contribution is 2.19. The number of carbonyl (C=O) groups is 1. The van der Waals surface area contributed by atoms with Crippen LogP contribution in [0.4, 0.5) is 10.1 Å². The zero-order valence-electron chi connectivity index (χ0n) is 10.2. The van der Waals surface area contributed by atoms with Crippen LogP contribution in [0.5, 0.6) is 0 Å². The first-order chi connectivity index (χ1) is 7.90. The zero-order chi connectivity index (χ0) is 13.0. The summed E-state index contributed by atoms with van der Waals surface area (Å²) in [5, 5.41) is 2.57. The first-order valence-corrected chi connectivity index (χ1v) is 5.79. The van der Waals surface area contributed by atoms with Gasteiger partial charge in [0.05, 0.1) is 11.1 Å². The topological polar surface area (TPSA) is 55.1 Å². The number of anilines is 1. The van der Waals surface area contributed by atoms with E-state index in [1.807, 2.05) is 13.8 Å². The Bertz CT molecular complexity index is 413. The standard InChI is InChI=1S/C12H16ClFN2O.ClH/c1-7(2)5-11(15)12(17)16-8-3-4-10(14)9(13)6-8;/h3-4,6-7,11H,5,15H2,1-2H3,(H,16,17);1H/t11-;/m0./s1. The first kappa shape index (κ1) is 17.2. The van der Waals surface area contributed by atoms with E-state index >= 15 is 0 Å². The van der Waals surface area contributed by atoms with Crippen molar-refractivity contribution in [2.45, 2.75) is 26.3 Å². The van der Waals surface area contributed by atoms with Crippen molar-refractivity contribution in [1.29, 1.82) is 0 Å². The predicted octanol–water partition coefficient (Wildman–Crippen LogP) is 3.21.